The van der Waals surface area contributed by atoms with Gasteiger partial charge in [-0.25, -0.2) is 0 Å². The lowest BCUT2D eigenvalue weighted by atomic mass is 10.2. The smallest absolute Gasteiger partial charge is 0.402 e. The molecule has 0 heterocycles. The molecular weight excluding hydrogens is 213 g/mol. The molecule has 0 unspecified atom stereocenters. The predicted octanol–water partition coefficient (Wildman–Crippen LogP) is -1.59. The van der Waals surface area contributed by atoms with Gasteiger partial charge < -0.3 is 25.3 Å². The van der Waals surface area contributed by atoms with Crippen LogP contribution in [0.4, 0.5) is 0 Å². The molecule has 0 saturated heterocycles. The summed E-state index contributed by atoms with van der Waals surface area (Å²) in [6.07, 6.45) is 3.61. The van der Waals surface area contributed by atoms with E-state index in [-0.39, 0.29) is 13.2 Å². The molecule has 0 atom stereocenters. The Kier molecular flexibility index (Phi) is 16.9. The van der Waals surface area contributed by atoms with Crippen LogP contribution in [0.5, 0.6) is 0 Å². The first-order valence-electron chi connectivity index (χ1n) is 5.56. The highest BCUT2D eigenvalue weighted by molar-refractivity contribution is 6.30. The molecule has 5 N–H and O–H groups in total. The van der Waals surface area contributed by atoms with E-state index < -0.39 is 7.32 Å². The molecule has 0 aliphatic carbocycles. The highest BCUT2D eigenvalue weighted by Gasteiger charge is 2.01. The number of unbranched alkanes of at least 4 members (excludes halogenated alkanes) is 2. The van der Waals surface area contributed by atoms with Gasteiger partial charge in [0.1, 0.15) is 0 Å². The maximum Gasteiger partial charge on any atom is 0.631 e. The molecule has 0 aromatic rings. The van der Waals surface area contributed by atoms with Crippen molar-refractivity contribution in [2.45, 2.75) is 26.2 Å². The minimum atomic E-state index is -2.17. The van der Waals surface area contributed by atoms with Crippen LogP contribution >= 0.6 is 0 Å². The molecular formula is C9H24BNO5. The van der Waals surface area contributed by atoms with E-state index in [1.165, 1.54) is 12.8 Å². The van der Waals surface area contributed by atoms with E-state index in [0.29, 0.717) is 13.1 Å². The van der Waals surface area contributed by atoms with Gasteiger partial charge in [0.05, 0.1) is 13.2 Å². The lowest BCUT2D eigenvalue weighted by molar-refractivity contribution is 0.159. The summed E-state index contributed by atoms with van der Waals surface area (Å²) in [5.41, 5.74) is 0. The average molecular weight is 237 g/mol. The fourth-order valence-corrected chi connectivity index (χ4v) is 1.20. The summed E-state index contributed by atoms with van der Waals surface area (Å²) in [7, 11) is -2.17. The SMILES string of the molecule is CCCCCN(CCO)CCO.OB(O)O. The van der Waals surface area contributed by atoms with Crippen molar-refractivity contribution in [1.29, 1.82) is 0 Å². The first-order valence-corrected chi connectivity index (χ1v) is 5.56. The van der Waals surface area contributed by atoms with Crippen molar-refractivity contribution >= 4 is 7.32 Å². The monoisotopic (exact) mass is 237 g/mol. The molecule has 98 valence electrons. The summed E-state index contributed by atoms with van der Waals surface area (Å²) in [5.74, 6) is 0. The van der Waals surface area contributed by atoms with Crippen LogP contribution in [-0.4, -0.2) is 70.4 Å². The standard InChI is InChI=1S/C9H21NO2.BH3O3/c1-2-3-4-5-10(6-8-11)7-9-12;2-1(3)4/h11-12H,2-9H2,1H3;2-4H. The van der Waals surface area contributed by atoms with Crippen molar-refractivity contribution in [2.24, 2.45) is 0 Å². The van der Waals surface area contributed by atoms with Gasteiger partial charge in [0.15, 0.2) is 0 Å². The summed E-state index contributed by atoms with van der Waals surface area (Å²) in [6.45, 7) is 4.91. The fraction of sp³-hybridized carbons (Fsp3) is 1.00. The lowest BCUT2D eigenvalue weighted by Crippen LogP contribution is -2.30. The third-order valence-electron chi connectivity index (χ3n) is 1.91. The third-order valence-corrected chi connectivity index (χ3v) is 1.91. The number of aliphatic hydroxyl groups is 2. The second-order valence-electron chi connectivity index (χ2n) is 3.34. The molecule has 0 amide bonds. The zero-order valence-corrected chi connectivity index (χ0v) is 9.92. The van der Waals surface area contributed by atoms with E-state index in [1.54, 1.807) is 0 Å². The van der Waals surface area contributed by atoms with Gasteiger partial charge in [-0.3, -0.25) is 4.90 Å². The van der Waals surface area contributed by atoms with Crippen molar-refractivity contribution in [3.05, 3.63) is 0 Å². The summed E-state index contributed by atoms with van der Waals surface area (Å²) in [4.78, 5) is 2.09. The van der Waals surface area contributed by atoms with E-state index in [1.807, 2.05) is 0 Å². The molecule has 0 aliphatic rings. The molecule has 0 aliphatic heterocycles. The molecule has 7 heteroatoms. The molecule has 0 spiro atoms. The number of rotatable bonds is 8. The normalized spacial score (nSPS) is 9.94. The van der Waals surface area contributed by atoms with E-state index in [0.717, 1.165) is 13.0 Å². The summed E-state index contributed by atoms with van der Waals surface area (Å²) >= 11 is 0. The Labute approximate surface area is 97.3 Å². The number of nitrogens with zero attached hydrogens (tertiary/aromatic N) is 1. The van der Waals surface area contributed by atoms with Crippen molar-refractivity contribution < 1.29 is 25.3 Å². The van der Waals surface area contributed by atoms with Crippen LogP contribution in [-0.2, 0) is 0 Å². The maximum atomic E-state index is 8.70. The van der Waals surface area contributed by atoms with Gasteiger partial charge in [-0.2, -0.15) is 0 Å². The van der Waals surface area contributed by atoms with Crippen LogP contribution in [0.1, 0.15) is 26.2 Å². The van der Waals surface area contributed by atoms with Gasteiger partial charge in [-0.15, -0.1) is 0 Å². The second-order valence-corrected chi connectivity index (χ2v) is 3.34. The van der Waals surface area contributed by atoms with E-state index in [9.17, 15) is 0 Å². The third kappa shape index (κ3) is 19.4. The Morgan fingerprint density at radius 1 is 0.875 bits per heavy atom. The minimum Gasteiger partial charge on any atom is -0.402 e. The van der Waals surface area contributed by atoms with Crippen LogP contribution < -0.4 is 0 Å². The molecule has 6 nitrogen and oxygen atoms in total. The van der Waals surface area contributed by atoms with E-state index in [2.05, 4.69) is 11.8 Å². The van der Waals surface area contributed by atoms with Gasteiger partial charge in [-0.05, 0) is 13.0 Å². The van der Waals surface area contributed by atoms with Crippen molar-refractivity contribution in [3.63, 3.8) is 0 Å². The highest BCUT2D eigenvalue weighted by Crippen LogP contribution is 1.97. The van der Waals surface area contributed by atoms with Crippen LogP contribution in [0.25, 0.3) is 0 Å². The Hall–Kier alpha value is -0.175. The predicted molar refractivity (Wildman–Crippen MR) is 62.5 cm³/mol. The summed E-state index contributed by atoms with van der Waals surface area (Å²) in [5, 5.41) is 38.9. The highest BCUT2D eigenvalue weighted by atomic mass is 16.5. The van der Waals surface area contributed by atoms with Crippen LogP contribution in [0, 0.1) is 0 Å². The Bertz CT molecular complexity index is 120. The molecule has 0 aromatic heterocycles. The largest absolute Gasteiger partial charge is 0.631 e. The molecule has 0 aromatic carbocycles. The summed E-state index contributed by atoms with van der Waals surface area (Å²) in [6, 6.07) is 0. The van der Waals surface area contributed by atoms with Crippen LogP contribution in [0.2, 0.25) is 0 Å². The van der Waals surface area contributed by atoms with Crippen LogP contribution in [0.15, 0.2) is 0 Å². The fourth-order valence-electron chi connectivity index (χ4n) is 1.20. The van der Waals surface area contributed by atoms with Gasteiger partial charge in [0.25, 0.3) is 0 Å². The van der Waals surface area contributed by atoms with Gasteiger partial charge in [-0.1, -0.05) is 19.8 Å². The van der Waals surface area contributed by atoms with Gasteiger partial charge >= 0.3 is 7.32 Å². The van der Waals surface area contributed by atoms with E-state index in [4.69, 9.17) is 25.3 Å². The van der Waals surface area contributed by atoms with Gasteiger partial charge in [0.2, 0.25) is 0 Å². The average Bonchev–Trinajstić information content (AvgIpc) is 2.18. The van der Waals surface area contributed by atoms with Crippen molar-refractivity contribution in [2.75, 3.05) is 32.8 Å². The molecule has 0 radical (unpaired) electrons. The van der Waals surface area contributed by atoms with Gasteiger partial charge in [0, 0.05) is 13.1 Å². The lowest BCUT2D eigenvalue weighted by Gasteiger charge is -2.19. The Morgan fingerprint density at radius 2 is 1.31 bits per heavy atom. The molecule has 0 rings (SSSR count). The summed E-state index contributed by atoms with van der Waals surface area (Å²) < 4.78 is 0. The minimum absolute atomic E-state index is 0.187. The molecule has 0 fully saturated rings. The maximum absolute atomic E-state index is 8.70. The molecule has 0 bridgehead atoms. The van der Waals surface area contributed by atoms with E-state index >= 15 is 0 Å². The zero-order chi connectivity index (χ0) is 12.8. The Balaban J connectivity index is 0. The quantitative estimate of drug-likeness (QED) is 0.257. The number of hydrogen-bond acceptors (Lipinski definition) is 6. The second kappa shape index (κ2) is 14.8. The zero-order valence-electron chi connectivity index (χ0n) is 9.92. The first-order chi connectivity index (χ1) is 7.58. The van der Waals surface area contributed by atoms with Crippen molar-refractivity contribution in [1.82, 2.24) is 4.90 Å². The number of aliphatic hydroxyl groups excluding tert-OH is 2. The molecule has 0 saturated carbocycles. The Morgan fingerprint density at radius 3 is 1.62 bits per heavy atom. The number of hydrogen-bond donors (Lipinski definition) is 5. The topological polar surface area (TPSA) is 104 Å². The van der Waals surface area contributed by atoms with Crippen molar-refractivity contribution in [3.8, 4) is 0 Å². The first kappa shape index (κ1) is 18.2. The molecule has 16 heavy (non-hydrogen) atoms. The van der Waals surface area contributed by atoms with Crippen LogP contribution in [0.3, 0.4) is 0 Å².